The lowest BCUT2D eigenvalue weighted by Gasteiger charge is -2.11. The molecule has 0 atom stereocenters. The van der Waals surface area contributed by atoms with Gasteiger partial charge in [0.05, 0.1) is 0 Å². The first-order valence-corrected chi connectivity index (χ1v) is 8.71. The maximum Gasteiger partial charge on any atom is 0.263 e. The number of amides is 1. The minimum absolute atomic E-state index is 0.0643. The number of nitrogens with zero attached hydrogens (tertiary/aromatic N) is 5. The van der Waals surface area contributed by atoms with Gasteiger partial charge in [0.15, 0.2) is 5.82 Å². The number of nitrogen functional groups attached to an aromatic ring is 1. The van der Waals surface area contributed by atoms with E-state index in [1.54, 1.807) is 38.4 Å². The third kappa shape index (κ3) is 4.08. The number of carbonyl (C=O) groups is 1. The van der Waals surface area contributed by atoms with E-state index >= 15 is 0 Å². The fourth-order valence-corrected chi connectivity index (χ4v) is 2.34. The van der Waals surface area contributed by atoms with Crippen LogP contribution < -0.4 is 11.1 Å². The van der Waals surface area contributed by atoms with Crippen LogP contribution in [-0.2, 0) is 5.41 Å². The van der Waals surface area contributed by atoms with Gasteiger partial charge >= 0.3 is 0 Å². The van der Waals surface area contributed by atoms with E-state index < -0.39 is 0 Å². The van der Waals surface area contributed by atoms with Crippen molar-refractivity contribution < 1.29 is 9.32 Å². The lowest BCUT2D eigenvalue weighted by Crippen LogP contribution is -2.21. The van der Waals surface area contributed by atoms with Crippen LogP contribution in [0.3, 0.4) is 0 Å². The molecule has 28 heavy (non-hydrogen) atoms. The lowest BCUT2D eigenvalue weighted by atomic mass is 9.96. The number of hydrogen-bond acceptors (Lipinski definition) is 8. The molecule has 9 heteroatoms. The molecule has 0 saturated carbocycles. The zero-order valence-corrected chi connectivity index (χ0v) is 16.5. The predicted octanol–water partition coefficient (Wildman–Crippen LogP) is 2.85. The van der Waals surface area contributed by atoms with Crippen LogP contribution in [0.5, 0.6) is 0 Å². The fourth-order valence-electron chi connectivity index (χ4n) is 2.34. The number of carbonyl (C=O) groups excluding carboxylic acids is 1. The summed E-state index contributed by atoms with van der Waals surface area (Å²) in [5.74, 6) is 1.34. The average molecular weight is 381 g/mol. The average Bonchev–Trinajstić information content (AvgIpc) is 3.12. The first kappa shape index (κ1) is 19.3. The Morgan fingerprint density at radius 3 is 2.36 bits per heavy atom. The van der Waals surface area contributed by atoms with E-state index in [1.165, 1.54) is 11.1 Å². The van der Waals surface area contributed by atoms with Gasteiger partial charge in [-0.3, -0.25) is 4.79 Å². The van der Waals surface area contributed by atoms with Crippen molar-refractivity contribution in [3.63, 3.8) is 0 Å². The maximum atomic E-state index is 11.9. The standard InChI is InChI=1S/C19H23N7O2/c1-19(2,3)17-24-15(28-25-17)13-10-21-18(23-14(13)20)22-12-8-6-11(7-9-12)16(27)26(4)5/h6-10H,1-5H3,(H3,20,21,22,23). The summed E-state index contributed by atoms with van der Waals surface area (Å²) in [4.78, 5) is 26.4. The molecule has 0 radical (unpaired) electrons. The second kappa shape index (κ2) is 7.26. The Morgan fingerprint density at radius 2 is 1.82 bits per heavy atom. The van der Waals surface area contributed by atoms with Gasteiger partial charge in [-0.2, -0.15) is 9.97 Å². The molecule has 1 aromatic carbocycles. The van der Waals surface area contributed by atoms with Crippen LogP contribution in [0.1, 0.15) is 37.0 Å². The summed E-state index contributed by atoms with van der Waals surface area (Å²) in [6, 6.07) is 7.01. The Labute approximate surface area is 163 Å². The van der Waals surface area contributed by atoms with E-state index in [4.69, 9.17) is 10.3 Å². The van der Waals surface area contributed by atoms with Crippen LogP contribution in [0.15, 0.2) is 35.0 Å². The van der Waals surface area contributed by atoms with Crippen LogP contribution in [0.2, 0.25) is 0 Å². The van der Waals surface area contributed by atoms with E-state index in [0.29, 0.717) is 22.9 Å². The Bertz CT molecular complexity index is 988. The summed E-state index contributed by atoms with van der Waals surface area (Å²) in [6.45, 7) is 5.98. The van der Waals surface area contributed by atoms with E-state index in [-0.39, 0.29) is 23.0 Å². The quantitative estimate of drug-likeness (QED) is 0.707. The summed E-state index contributed by atoms with van der Waals surface area (Å²) in [5.41, 5.74) is 7.62. The van der Waals surface area contributed by atoms with Gasteiger partial charge in [-0.1, -0.05) is 25.9 Å². The van der Waals surface area contributed by atoms with Gasteiger partial charge in [-0.25, -0.2) is 4.98 Å². The number of benzene rings is 1. The lowest BCUT2D eigenvalue weighted by molar-refractivity contribution is 0.0827. The fraction of sp³-hybridized carbons (Fsp3) is 0.316. The molecule has 3 rings (SSSR count). The topological polar surface area (TPSA) is 123 Å². The Hall–Kier alpha value is -3.49. The molecule has 3 aromatic rings. The minimum Gasteiger partial charge on any atom is -0.383 e. The smallest absolute Gasteiger partial charge is 0.263 e. The summed E-state index contributed by atoms with van der Waals surface area (Å²) < 4.78 is 5.29. The predicted molar refractivity (Wildman–Crippen MR) is 106 cm³/mol. The van der Waals surface area contributed by atoms with Crippen LogP contribution in [0, 0.1) is 0 Å². The van der Waals surface area contributed by atoms with Crippen LogP contribution in [0.25, 0.3) is 11.5 Å². The zero-order chi connectivity index (χ0) is 20.5. The second-order valence-electron chi connectivity index (χ2n) is 7.57. The van der Waals surface area contributed by atoms with Crippen molar-refractivity contribution >= 4 is 23.4 Å². The molecule has 0 unspecified atom stereocenters. The highest BCUT2D eigenvalue weighted by Crippen LogP contribution is 2.27. The van der Waals surface area contributed by atoms with Gasteiger partial charge < -0.3 is 20.5 Å². The first-order valence-electron chi connectivity index (χ1n) is 8.71. The molecule has 3 N–H and O–H groups in total. The Morgan fingerprint density at radius 1 is 1.14 bits per heavy atom. The molecule has 0 aliphatic carbocycles. The van der Waals surface area contributed by atoms with Crippen LogP contribution in [-0.4, -0.2) is 45.0 Å². The van der Waals surface area contributed by atoms with E-state index in [9.17, 15) is 4.79 Å². The van der Waals surface area contributed by atoms with Gasteiger partial charge in [-0.05, 0) is 24.3 Å². The molecule has 0 aliphatic rings. The van der Waals surface area contributed by atoms with Crippen molar-refractivity contribution in [3.8, 4) is 11.5 Å². The third-order valence-corrected chi connectivity index (χ3v) is 3.94. The molecule has 2 heterocycles. The van der Waals surface area contributed by atoms with E-state index in [0.717, 1.165) is 5.69 Å². The largest absolute Gasteiger partial charge is 0.383 e. The van der Waals surface area contributed by atoms with Gasteiger partial charge in [-0.15, -0.1) is 0 Å². The van der Waals surface area contributed by atoms with Crippen molar-refractivity contribution in [3.05, 3.63) is 41.9 Å². The molecule has 1 amide bonds. The van der Waals surface area contributed by atoms with Gasteiger partial charge in [0.1, 0.15) is 11.4 Å². The highest BCUT2D eigenvalue weighted by molar-refractivity contribution is 5.94. The van der Waals surface area contributed by atoms with Gasteiger partial charge in [0, 0.05) is 37.0 Å². The molecule has 0 bridgehead atoms. The van der Waals surface area contributed by atoms with Crippen molar-refractivity contribution in [1.82, 2.24) is 25.0 Å². The summed E-state index contributed by atoms with van der Waals surface area (Å²) in [6.07, 6.45) is 1.54. The molecule has 0 saturated heterocycles. The van der Waals surface area contributed by atoms with Crippen molar-refractivity contribution in [2.24, 2.45) is 0 Å². The highest BCUT2D eigenvalue weighted by Gasteiger charge is 2.23. The zero-order valence-electron chi connectivity index (χ0n) is 16.5. The third-order valence-electron chi connectivity index (χ3n) is 3.94. The SMILES string of the molecule is CN(C)C(=O)c1ccc(Nc2ncc(-c3nc(C(C)(C)C)no3)c(N)n2)cc1. The number of hydrogen-bond donors (Lipinski definition) is 2. The maximum absolute atomic E-state index is 11.9. The number of nitrogens with one attached hydrogen (secondary N) is 1. The molecule has 9 nitrogen and oxygen atoms in total. The molecule has 0 spiro atoms. The highest BCUT2D eigenvalue weighted by atomic mass is 16.5. The monoisotopic (exact) mass is 381 g/mol. The first-order chi connectivity index (χ1) is 13.1. The number of nitrogens with two attached hydrogens (primary N) is 1. The molecular weight excluding hydrogens is 358 g/mol. The van der Waals surface area contributed by atoms with E-state index in [2.05, 4.69) is 25.4 Å². The molecular formula is C19H23N7O2. The number of anilines is 3. The molecule has 2 aromatic heterocycles. The normalized spacial score (nSPS) is 11.3. The van der Waals surface area contributed by atoms with Crippen molar-refractivity contribution in [2.75, 3.05) is 25.1 Å². The number of rotatable bonds is 4. The van der Waals surface area contributed by atoms with Crippen molar-refractivity contribution in [2.45, 2.75) is 26.2 Å². The second-order valence-corrected chi connectivity index (χ2v) is 7.57. The molecule has 0 aliphatic heterocycles. The Balaban J connectivity index is 1.77. The van der Waals surface area contributed by atoms with Crippen LogP contribution in [0.4, 0.5) is 17.5 Å². The van der Waals surface area contributed by atoms with Gasteiger partial charge in [0.2, 0.25) is 5.95 Å². The van der Waals surface area contributed by atoms with Gasteiger partial charge in [0.25, 0.3) is 11.8 Å². The van der Waals surface area contributed by atoms with E-state index in [1.807, 2.05) is 20.8 Å². The Kier molecular flexibility index (Phi) is 5.00. The molecule has 146 valence electrons. The van der Waals surface area contributed by atoms with Crippen molar-refractivity contribution in [1.29, 1.82) is 0 Å². The summed E-state index contributed by atoms with van der Waals surface area (Å²) >= 11 is 0. The number of aromatic nitrogens is 4. The summed E-state index contributed by atoms with van der Waals surface area (Å²) in [5, 5.41) is 7.04. The van der Waals surface area contributed by atoms with Crippen LogP contribution >= 0.6 is 0 Å². The molecule has 0 fully saturated rings. The minimum atomic E-state index is -0.237. The summed E-state index contributed by atoms with van der Waals surface area (Å²) in [7, 11) is 3.42.